The van der Waals surface area contributed by atoms with E-state index in [9.17, 15) is 4.79 Å². The highest BCUT2D eigenvalue weighted by molar-refractivity contribution is 6.60. The van der Waals surface area contributed by atoms with Crippen molar-refractivity contribution in [1.29, 1.82) is 0 Å². The molecule has 0 aliphatic rings. The molecule has 1 amide bonds. The summed E-state index contributed by atoms with van der Waals surface area (Å²) in [6.45, 7) is 7.56. The van der Waals surface area contributed by atoms with E-state index in [-0.39, 0.29) is 6.61 Å². The van der Waals surface area contributed by atoms with Crippen LogP contribution in [0, 0.1) is 0 Å². The van der Waals surface area contributed by atoms with Gasteiger partial charge in [-0.2, -0.15) is 5.06 Å². The number of carboxylic acid groups (broad SMARTS) is 1. The molecule has 0 unspecified atom stereocenters. The standard InChI is InChI=1S/C11H25NO6Si/c1-5-16-19(17-6-2,18-7-3)10-8-9-15-12(4)11(13)14/h5-10H2,1-4H3,(H,13,14). The summed E-state index contributed by atoms with van der Waals surface area (Å²) in [6.07, 6.45) is -0.507. The van der Waals surface area contributed by atoms with Crippen LogP contribution in [0.25, 0.3) is 0 Å². The quantitative estimate of drug-likeness (QED) is 0.357. The maximum absolute atomic E-state index is 10.5. The summed E-state index contributed by atoms with van der Waals surface area (Å²) < 4.78 is 17.0. The van der Waals surface area contributed by atoms with E-state index in [2.05, 4.69) is 0 Å². The van der Waals surface area contributed by atoms with Gasteiger partial charge in [0.15, 0.2) is 0 Å². The van der Waals surface area contributed by atoms with Crippen LogP contribution in [0.2, 0.25) is 6.04 Å². The fraction of sp³-hybridized carbons (Fsp3) is 0.909. The first kappa shape index (κ1) is 18.3. The van der Waals surface area contributed by atoms with E-state index in [1.807, 2.05) is 20.8 Å². The van der Waals surface area contributed by atoms with Crippen molar-refractivity contribution in [3.63, 3.8) is 0 Å². The van der Waals surface area contributed by atoms with Gasteiger partial charge in [-0.15, -0.1) is 0 Å². The van der Waals surface area contributed by atoms with E-state index in [0.717, 1.165) is 5.06 Å². The highest BCUT2D eigenvalue weighted by Gasteiger charge is 2.39. The Balaban J connectivity index is 4.20. The van der Waals surface area contributed by atoms with E-state index in [4.69, 9.17) is 23.2 Å². The predicted octanol–water partition coefficient (Wildman–Crippen LogP) is 1.97. The van der Waals surface area contributed by atoms with Gasteiger partial charge in [-0.25, -0.2) is 4.79 Å². The molecule has 7 nitrogen and oxygen atoms in total. The van der Waals surface area contributed by atoms with Crippen molar-refractivity contribution in [2.24, 2.45) is 0 Å². The maximum Gasteiger partial charge on any atom is 0.501 e. The zero-order valence-electron chi connectivity index (χ0n) is 12.2. The molecule has 0 aliphatic carbocycles. The van der Waals surface area contributed by atoms with Gasteiger partial charge in [-0.05, 0) is 27.2 Å². The number of hydrogen-bond acceptors (Lipinski definition) is 5. The van der Waals surface area contributed by atoms with E-state index >= 15 is 0 Å². The van der Waals surface area contributed by atoms with Crippen LogP contribution in [0.3, 0.4) is 0 Å². The fourth-order valence-electron chi connectivity index (χ4n) is 1.55. The van der Waals surface area contributed by atoms with Crippen molar-refractivity contribution in [3.05, 3.63) is 0 Å². The normalized spacial score (nSPS) is 11.6. The molecule has 0 heterocycles. The topological polar surface area (TPSA) is 77.5 Å². The summed E-state index contributed by atoms with van der Waals surface area (Å²) in [7, 11) is -1.29. The van der Waals surface area contributed by atoms with E-state index < -0.39 is 14.9 Å². The zero-order chi connectivity index (χ0) is 14.7. The lowest BCUT2D eigenvalue weighted by Gasteiger charge is -2.28. The van der Waals surface area contributed by atoms with Crippen molar-refractivity contribution in [2.75, 3.05) is 33.5 Å². The van der Waals surface area contributed by atoms with Gasteiger partial charge in [0.25, 0.3) is 0 Å². The van der Waals surface area contributed by atoms with Crippen LogP contribution in [0.15, 0.2) is 0 Å². The third-order valence-corrected chi connectivity index (χ3v) is 5.43. The third kappa shape index (κ3) is 7.48. The Labute approximate surface area is 115 Å². The molecule has 0 saturated carbocycles. The first-order chi connectivity index (χ1) is 9.01. The molecule has 1 N–H and O–H groups in total. The summed E-state index contributed by atoms with van der Waals surface area (Å²) in [5.41, 5.74) is 0. The molecule has 0 fully saturated rings. The zero-order valence-corrected chi connectivity index (χ0v) is 13.2. The first-order valence-electron chi connectivity index (χ1n) is 6.52. The second-order valence-corrected chi connectivity index (χ2v) is 6.43. The average molecular weight is 295 g/mol. The highest BCUT2D eigenvalue weighted by atomic mass is 28.4. The summed E-state index contributed by atoms with van der Waals surface area (Å²) in [6, 6.07) is 0.607. The van der Waals surface area contributed by atoms with Crippen molar-refractivity contribution < 1.29 is 28.0 Å². The summed E-state index contributed by atoms with van der Waals surface area (Å²) >= 11 is 0. The molecule has 0 aliphatic heterocycles. The molecule has 0 bridgehead atoms. The van der Waals surface area contributed by atoms with E-state index in [1.54, 1.807) is 0 Å². The van der Waals surface area contributed by atoms with Crippen LogP contribution in [-0.2, 0) is 18.1 Å². The summed E-state index contributed by atoms with van der Waals surface area (Å²) in [5.74, 6) is 0. The highest BCUT2D eigenvalue weighted by Crippen LogP contribution is 2.18. The van der Waals surface area contributed by atoms with E-state index in [1.165, 1.54) is 7.05 Å². The molecular formula is C11H25NO6Si. The monoisotopic (exact) mass is 295 g/mol. The van der Waals surface area contributed by atoms with Gasteiger partial charge in [0.05, 0.1) is 6.61 Å². The lowest BCUT2D eigenvalue weighted by atomic mass is 10.5. The first-order valence-corrected chi connectivity index (χ1v) is 8.45. The molecule has 0 rings (SSSR count). The average Bonchev–Trinajstić information content (AvgIpc) is 2.35. The van der Waals surface area contributed by atoms with Crippen molar-refractivity contribution >= 4 is 14.9 Å². The smallest absolute Gasteiger partial charge is 0.463 e. The van der Waals surface area contributed by atoms with Gasteiger partial charge in [0.1, 0.15) is 0 Å². The molecular weight excluding hydrogens is 270 g/mol. The second kappa shape index (κ2) is 10.2. The van der Waals surface area contributed by atoms with Crippen LogP contribution >= 0.6 is 0 Å². The van der Waals surface area contributed by atoms with Gasteiger partial charge < -0.3 is 18.4 Å². The molecule has 0 radical (unpaired) electrons. The largest absolute Gasteiger partial charge is 0.501 e. The van der Waals surface area contributed by atoms with Crippen LogP contribution in [-0.4, -0.2) is 58.5 Å². The van der Waals surface area contributed by atoms with Crippen LogP contribution in [0.5, 0.6) is 0 Å². The van der Waals surface area contributed by atoms with Gasteiger partial charge in [-0.3, -0.25) is 4.84 Å². The summed E-state index contributed by atoms with van der Waals surface area (Å²) in [5, 5.41) is 9.41. The SMILES string of the molecule is CCO[Si](CCCON(C)C(=O)O)(OCC)OCC. The van der Waals surface area contributed by atoms with E-state index in [0.29, 0.717) is 32.3 Å². The number of carbonyl (C=O) groups is 1. The third-order valence-electron chi connectivity index (χ3n) is 2.27. The Morgan fingerprint density at radius 2 is 1.58 bits per heavy atom. The molecule has 0 aromatic carbocycles. The molecule has 114 valence electrons. The van der Waals surface area contributed by atoms with Crippen molar-refractivity contribution in [3.8, 4) is 0 Å². The Kier molecular flexibility index (Phi) is 9.80. The molecule has 0 saturated heterocycles. The minimum atomic E-state index is -2.64. The Morgan fingerprint density at radius 1 is 1.11 bits per heavy atom. The minimum Gasteiger partial charge on any atom is -0.463 e. The number of hydrogen-bond donors (Lipinski definition) is 1. The summed E-state index contributed by atoms with van der Waals surface area (Å²) in [4.78, 5) is 15.6. The number of nitrogens with zero attached hydrogens (tertiary/aromatic N) is 1. The molecule has 19 heavy (non-hydrogen) atoms. The Hall–Kier alpha value is -0.673. The van der Waals surface area contributed by atoms with Crippen molar-refractivity contribution in [2.45, 2.75) is 33.2 Å². The van der Waals surface area contributed by atoms with Gasteiger partial charge in [-0.1, -0.05) is 0 Å². The number of amides is 1. The van der Waals surface area contributed by atoms with Gasteiger partial charge >= 0.3 is 14.9 Å². The lowest BCUT2D eigenvalue weighted by molar-refractivity contribution is -0.113. The van der Waals surface area contributed by atoms with Gasteiger partial charge in [0.2, 0.25) is 0 Å². The Bertz CT molecular complexity index is 236. The van der Waals surface area contributed by atoms with Crippen molar-refractivity contribution in [1.82, 2.24) is 5.06 Å². The Morgan fingerprint density at radius 3 is 1.95 bits per heavy atom. The number of rotatable bonds is 11. The number of hydroxylamine groups is 2. The van der Waals surface area contributed by atoms with Crippen LogP contribution < -0.4 is 0 Å². The molecule has 0 aromatic heterocycles. The molecule has 8 heteroatoms. The lowest BCUT2D eigenvalue weighted by Crippen LogP contribution is -2.46. The molecule has 0 atom stereocenters. The molecule has 0 spiro atoms. The predicted molar refractivity (Wildman–Crippen MR) is 71.8 cm³/mol. The van der Waals surface area contributed by atoms with Crippen LogP contribution in [0.1, 0.15) is 27.2 Å². The molecule has 0 aromatic rings. The second-order valence-electron chi connectivity index (χ2n) is 3.70. The fourth-order valence-corrected chi connectivity index (χ4v) is 4.13. The van der Waals surface area contributed by atoms with Gasteiger partial charge in [0, 0.05) is 32.9 Å². The minimum absolute atomic E-state index is 0.283. The van der Waals surface area contributed by atoms with Crippen LogP contribution in [0.4, 0.5) is 4.79 Å². The maximum atomic E-state index is 10.5.